The quantitative estimate of drug-likeness (QED) is 0.167. The van der Waals surface area contributed by atoms with Crippen molar-refractivity contribution in [1.29, 1.82) is 0 Å². The van der Waals surface area contributed by atoms with Crippen LogP contribution in [0, 0.1) is 0 Å². The second-order valence-electron chi connectivity index (χ2n) is 8.03. The second-order valence-corrected chi connectivity index (χ2v) is 8.03. The first kappa shape index (κ1) is 25.9. The lowest BCUT2D eigenvalue weighted by molar-refractivity contribution is 0.0618. The molecular formula is C24H49O2. The van der Waals surface area contributed by atoms with E-state index in [0.717, 1.165) is 13.0 Å². The van der Waals surface area contributed by atoms with E-state index in [1.54, 1.807) is 0 Å². The van der Waals surface area contributed by atoms with Crippen LogP contribution in [-0.4, -0.2) is 19.8 Å². The van der Waals surface area contributed by atoms with Crippen molar-refractivity contribution < 1.29 is 9.84 Å². The van der Waals surface area contributed by atoms with Crippen molar-refractivity contribution in [3.8, 4) is 0 Å². The highest BCUT2D eigenvalue weighted by Gasteiger charge is 1.95. The Balaban J connectivity index is 2.95. The number of hydrogen-bond donors (Lipinski definition) is 0. The van der Waals surface area contributed by atoms with E-state index in [1.807, 2.05) is 0 Å². The van der Waals surface area contributed by atoms with Crippen LogP contribution in [0.2, 0.25) is 0 Å². The molecule has 0 aliphatic heterocycles. The van der Waals surface area contributed by atoms with E-state index in [-0.39, 0.29) is 6.61 Å². The molecule has 0 aliphatic carbocycles. The molecule has 0 aliphatic rings. The van der Waals surface area contributed by atoms with Crippen molar-refractivity contribution in [3.05, 3.63) is 0 Å². The first-order chi connectivity index (χ1) is 12.9. The molecule has 0 N–H and O–H groups in total. The molecule has 2 nitrogen and oxygen atoms in total. The Hall–Kier alpha value is -0.0800. The maximum absolute atomic E-state index is 10.2. The van der Waals surface area contributed by atoms with Gasteiger partial charge in [0.1, 0.15) is 6.61 Å². The normalized spacial score (nSPS) is 11.3. The summed E-state index contributed by atoms with van der Waals surface area (Å²) >= 11 is 0. The van der Waals surface area contributed by atoms with Crippen LogP contribution in [0.5, 0.6) is 0 Å². The van der Waals surface area contributed by atoms with Gasteiger partial charge in [-0.2, -0.15) is 0 Å². The van der Waals surface area contributed by atoms with Gasteiger partial charge in [-0.15, -0.1) is 0 Å². The zero-order valence-corrected chi connectivity index (χ0v) is 18.1. The minimum absolute atomic E-state index is 0.0980. The van der Waals surface area contributed by atoms with Crippen molar-refractivity contribution in [3.63, 3.8) is 0 Å². The molecule has 0 rings (SSSR count). The zero-order chi connectivity index (χ0) is 19.0. The summed E-state index contributed by atoms with van der Waals surface area (Å²) in [6.07, 6.45) is 28.2. The van der Waals surface area contributed by atoms with E-state index in [4.69, 9.17) is 4.74 Å². The molecule has 0 atom stereocenters. The van der Waals surface area contributed by atoms with E-state index in [9.17, 15) is 5.11 Å². The summed E-state index contributed by atoms with van der Waals surface area (Å²) in [4.78, 5) is 0. The first-order valence-corrected chi connectivity index (χ1v) is 12.1. The largest absolute Gasteiger partial charge is 0.379 e. The van der Waals surface area contributed by atoms with Crippen molar-refractivity contribution in [2.45, 2.75) is 135 Å². The molecule has 1 radical (unpaired) electrons. The molecule has 0 saturated heterocycles. The molecule has 0 heterocycles. The monoisotopic (exact) mass is 369 g/mol. The Bertz CT molecular complexity index is 206. The van der Waals surface area contributed by atoms with Crippen LogP contribution in [0.25, 0.3) is 0 Å². The molecule has 0 fully saturated rings. The van der Waals surface area contributed by atoms with Crippen LogP contribution in [0.1, 0.15) is 135 Å². The van der Waals surface area contributed by atoms with E-state index in [1.165, 1.54) is 122 Å². The Labute approximate surface area is 165 Å². The van der Waals surface area contributed by atoms with Gasteiger partial charge in [-0.25, -0.2) is 5.11 Å². The summed E-state index contributed by atoms with van der Waals surface area (Å²) in [5, 5.41) is 10.2. The van der Waals surface area contributed by atoms with Gasteiger partial charge in [0.15, 0.2) is 0 Å². The molecule has 2 heteroatoms. The third-order valence-corrected chi connectivity index (χ3v) is 5.37. The topological polar surface area (TPSA) is 29.1 Å². The number of hydrogen-bond acceptors (Lipinski definition) is 1. The summed E-state index contributed by atoms with van der Waals surface area (Å²) in [5.74, 6) is 0. The van der Waals surface area contributed by atoms with E-state index in [2.05, 4.69) is 6.92 Å². The number of unbranched alkanes of at least 4 members (excludes halogenated alkanes) is 19. The third-order valence-electron chi connectivity index (χ3n) is 5.37. The minimum Gasteiger partial charge on any atom is -0.379 e. The Morgan fingerprint density at radius 1 is 0.423 bits per heavy atom. The molecule has 0 spiro atoms. The molecule has 0 aromatic carbocycles. The van der Waals surface area contributed by atoms with Crippen LogP contribution in [0.3, 0.4) is 0 Å². The summed E-state index contributed by atoms with van der Waals surface area (Å²) in [6, 6.07) is 0. The average Bonchev–Trinajstić information content (AvgIpc) is 2.66. The van der Waals surface area contributed by atoms with Gasteiger partial charge >= 0.3 is 0 Å². The minimum atomic E-state index is -0.0980. The highest BCUT2D eigenvalue weighted by Crippen LogP contribution is 2.14. The Morgan fingerprint density at radius 3 is 1.04 bits per heavy atom. The van der Waals surface area contributed by atoms with Crippen LogP contribution in [0.4, 0.5) is 0 Å². The van der Waals surface area contributed by atoms with Gasteiger partial charge in [0.25, 0.3) is 0 Å². The zero-order valence-electron chi connectivity index (χ0n) is 18.1. The van der Waals surface area contributed by atoms with Gasteiger partial charge in [-0.1, -0.05) is 129 Å². The van der Waals surface area contributed by atoms with Gasteiger partial charge in [-0.05, 0) is 6.42 Å². The highest BCUT2D eigenvalue weighted by atomic mass is 16.5. The SMILES string of the molecule is CCCCCCCCCCCCCCCCCCCCCCOCC[O]. The van der Waals surface area contributed by atoms with Gasteiger partial charge in [-0.3, -0.25) is 0 Å². The Morgan fingerprint density at radius 2 is 0.731 bits per heavy atom. The molecule has 0 aromatic rings. The van der Waals surface area contributed by atoms with E-state index >= 15 is 0 Å². The lowest BCUT2D eigenvalue weighted by Gasteiger charge is -2.04. The second kappa shape index (κ2) is 24.9. The molecule has 0 bridgehead atoms. The molecule has 0 saturated carbocycles. The Kier molecular flexibility index (Phi) is 24.8. The first-order valence-electron chi connectivity index (χ1n) is 12.1. The molecule has 0 amide bonds. The van der Waals surface area contributed by atoms with Crippen molar-refractivity contribution in [2.75, 3.05) is 19.8 Å². The smallest absolute Gasteiger partial charge is 0.106 e. The fourth-order valence-electron chi connectivity index (χ4n) is 3.62. The van der Waals surface area contributed by atoms with Crippen LogP contribution in [-0.2, 0) is 9.84 Å². The number of rotatable bonds is 23. The lowest BCUT2D eigenvalue weighted by atomic mass is 10.0. The van der Waals surface area contributed by atoms with E-state index < -0.39 is 0 Å². The third kappa shape index (κ3) is 23.9. The van der Waals surface area contributed by atoms with Gasteiger partial charge in [0.2, 0.25) is 0 Å². The predicted octanol–water partition coefficient (Wildman–Crippen LogP) is 8.26. The molecular weight excluding hydrogens is 320 g/mol. The summed E-state index contributed by atoms with van der Waals surface area (Å²) in [7, 11) is 0. The predicted molar refractivity (Wildman–Crippen MR) is 114 cm³/mol. The fourth-order valence-corrected chi connectivity index (χ4v) is 3.62. The summed E-state index contributed by atoms with van der Waals surface area (Å²) in [5.41, 5.74) is 0. The average molecular weight is 370 g/mol. The van der Waals surface area contributed by atoms with Gasteiger partial charge in [0.05, 0.1) is 6.61 Å². The van der Waals surface area contributed by atoms with E-state index in [0.29, 0.717) is 6.61 Å². The molecule has 0 aromatic heterocycles. The molecule has 157 valence electrons. The van der Waals surface area contributed by atoms with Crippen LogP contribution in [0.15, 0.2) is 0 Å². The maximum atomic E-state index is 10.2. The standard InChI is InChI=1S/C24H49O2/c1-2-3-4-5-6-7-8-9-10-11-12-13-14-15-16-17-18-19-20-21-23-26-24-22-25/h2-24H2,1H3. The lowest BCUT2D eigenvalue weighted by Crippen LogP contribution is -1.99. The maximum Gasteiger partial charge on any atom is 0.106 e. The molecule has 0 unspecified atom stereocenters. The fraction of sp³-hybridized carbons (Fsp3) is 1.00. The van der Waals surface area contributed by atoms with Crippen LogP contribution >= 0.6 is 0 Å². The summed E-state index contributed by atoms with van der Waals surface area (Å²) in [6.45, 7) is 3.36. The van der Waals surface area contributed by atoms with Crippen molar-refractivity contribution in [1.82, 2.24) is 0 Å². The molecule has 26 heavy (non-hydrogen) atoms. The summed E-state index contributed by atoms with van der Waals surface area (Å²) < 4.78 is 5.21. The highest BCUT2D eigenvalue weighted by molar-refractivity contribution is 4.50. The number of ether oxygens (including phenoxy) is 1. The van der Waals surface area contributed by atoms with Crippen LogP contribution < -0.4 is 0 Å². The van der Waals surface area contributed by atoms with Gasteiger partial charge < -0.3 is 4.74 Å². The van der Waals surface area contributed by atoms with Crippen molar-refractivity contribution >= 4 is 0 Å². The van der Waals surface area contributed by atoms with Gasteiger partial charge in [0, 0.05) is 6.61 Å². The van der Waals surface area contributed by atoms with Crippen molar-refractivity contribution in [2.24, 2.45) is 0 Å².